The molecule has 1 N–H and O–H groups in total. The number of hydrazone groups is 1. The van der Waals surface area contributed by atoms with Crippen LogP contribution >= 0.6 is 0 Å². The van der Waals surface area contributed by atoms with E-state index in [1.807, 2.05) is 0 Å². The summed E-state index contributed by atoms with van der Waals surface area (Å²) in [5, 5.41) is 3.65. The van der Waals surface area contributed by atoms with Crippen LogP contribution in [0, 0.1) is 0 Å². The molecule has 1 aromatic heterocycles. The van der Waals surface area contributed by atoms with Gasteiger partial charge in [-0.15, -0.1) is 0 Å². The van der Waals surface area contributed by atoms with Crippen molar-refractivity contribution < 1.29 is 35.5 Å². The number of furan rings is 1. The Hall–Kier alpha value is -3.47. The SMILES string of the molecule is COc1ccc(S(=O)(=O)NN=Cc2ccc(COc3cccc(C(F)(F)F)c3)o2)cc1. The van der Waals surface area contributed by atoms with E-state index < -0.39 is 21.8 Å². The maximum absolute atomic E-state index is 12.7. The van der Waals surface area contributed by atoms with Crippen molar-refractivity contribution in [2.24, 2.45) is 5.10 Å². The number of rotatable bonds is 8. The summed E-state index contributed by atoms with van der Waals surface area (Å²) >= 11 is 0. The third-order valence-corrected chi connectivity index (χ3v) is 5.20. The first-order valence-corrected chi connectivity index (χ1v) is 10.2. The van der Waals surface area contributed by atoms with Crippen molar-refractivity contribution in [3.05, 3.63) is 77.7 Å². The van der Waals surface area contributed by atoms with E-state index in [1.54, 1.807) is 0 Å². The number of benzene rings is 2. The lowest BCUT2D eigenvalue weighted by Gasteiger charge is -2.09. The zero-order valence-corrected chi connectivity index (χ0v) is 16.9. The molecular weight excluding hydrogens is 437 g/mol. The van der Waals surface area contributed by atoms with Gasteiger partial charge < -0.3 is 13.9 Å². The molecule has 1 heterocycles. The van der Waals surface area contributed by atoms with Gasteiger partial charge in [-0.1, -0.05) is 6.07 Å². The van der Waals surface area contributed by atoms with Gasteiger partial charge in [0.25, 0.3) is 10.0 Å². The maximum Gasteiger partial charge on any atom is 0.416 e. The summed E-state index contributed by atoms with van der Waals surface area (Å²) in [6.45, 7) is -0.118. The average Bonchev–Trinajstić information content (AvgIpc) is 3.19. The van der Waals surface area contributed by atoms with Gasteiger partial charge in [-0.05, 0) is 54.6 Å². The van der Waals surface area contributed by atoms with Crippen LogP contribution in [-0.4, -0.2) is 21.7 Å². The van der Waals surface area contributed by atoms with Gasteiger partial charge in [0.2, 0.25) is 0 Å². The van der Waals surface area contributed by atoms with Crippen LogP contribution in [0.2, 0.25) is 0 Å². The first kappa shape index (κ1) is 22.2. The van der Waals surface area contributed by atoms with Crippen LogP contribution in [0.5, 0.6) is 11.5 Å². The van der Waals surface area contributed by atoms with Crippen molar-refractivity contribution in [3.8, 4) is 11.5 Å². The molecule has 0 fully saturated rings. The monoisotopic (exact) mass is 454 g/mol. The second-order valence-electron chi connectivity index (χ2n) is 6.15. The molecule has 7 nitrogen and oxygen atoms in total. The zero-order chi connectivity index (χ0) is 22.5. The number of sulfonamides is 1. The number of nitrogens with zero attached hydrogens (tertiary/aromatic N) is 1. The highest BCUT2D eigenvalue weighted by molar-refractivity contribution is 7.89. The summed E-state index contributed by atoms with van der Waals surface area (Å²) in [7, 11) is -2.41. The first-order chi connectivity index (χ1) is 14.7. The number of halogens is 3. The summed E-state index contributed by atoms with van der Waals surface area (Å²) in [6, 6.07) is 13.3. The number of alkyl halides is 3. The molecule has 0 bridgehead atoms. The number of methoxy groups -OCH3 is 1. The van der Waals surface area contributed by atoms with Gasteiger partial charge in [-0.3, -0.25) is 0 Å². The molecule has 0 spiro atoms. The van der Waals surface area contributed by atoms with Gasteiger partial charge in [0.15, 0.2) is 0 Å². The van der Waals surface area contributed by atoms with Gasteiger partial charge in [0.05, 0.1) is 23.8 Å². The van der Waals surface area contributed by atoms with Crippen molar-refractivity contribution in [2.75, 3.05) is 7.11 Å². The lowest BCUT2D eigenvalue weighted by molar-refractivity contribution is -0.137. The zero-order valence-electron chi connectivity index (χ0n) is 16.1. The van der Waals surface area contributed by atoms with E-state index in [4.69, 9.17) is 13.9 Å². The Morgan fingerprint density at radius 3 is 2.48 bits per heavy atom. The number of hydrogen-bond donors (Lipinski definition) is 1. The third kappa shape index (κ3) is 6.01. The predicted octanol–water partition coefficient (Wildman–Crippen LogP) is 4.20. The van der Waals surface area contributed by atoms with E-state index in [2.05, 4.69) is 9.93 Å². The molecule has 3 aromatic rings. The van der Waals surface area contributed by atoms with Crippen molar-refractivity contribution in [3.63, 3.8) is 0 Å². The van der Waals surface area contributed by atoms with E-state index in [1.165, 1.54) is 55.6 Å². The highest BCUT2D eigenvalue weighted by Crippen LogP contribution is 2.31. The maximum atomic E-state index is 12.7. The van der Waals surface area contributed by atoms with Crippen molar-refractivity contribution >= 4 is 16.2 Å². The Balaban J connectivity index is 1.57. The van der Waals surface area contributed by atoms with Crippen LogP contribution < -0.4 is 14.3 Å². The van der Waals surface area contributed by atoms with Crippen LogP contribution in [0.15, 0.2) is 75.1 Å². The van der Waals surface area contributed by atoms with E-state index >= 15 is 0 Å². The minimum absolute atomic E-state index is 0.0000659. The molecule has 0 atom stereocenters. The molecule has 31 heavy (non-hydrogen) atoms. The molecular formula is C20H17F3N2O5S. The highest BCUT2D eigenvalue weighted by atomic mass is 32.2. The van der Waals surface area contributed by atoms with Crippen LogP contribution in [0.1, 0.15) is 17.1 Å². The molecule has 164 valence electrons. The van der Waals surface area contributed by atoms with Gasteiger partial charge in [-0.2, -0.15) is 31.5 Å². The lowest BCUT2D eigenvalue weighted by atomic mass is 10.2. The summed E-state index contributed by atoms with van der Waals surface area (Å²) in [6.07, 6.45) is -3.32. The molecule has 2 aromatic carbocycles. The normalized spacial score (nSPS) is 12.1. The van der Waals surface area contributed by atoms with Gasteiger partial charge >= 0.3 is 6.18 Å². The molecule has 0 aliphatic carbocycles. The second kappa shape index (κ2) is 9.13. The van der Waals surface area contributed by atoms with E-state index in [0.717, 1.165) is 18.3 Å². The Kier molecular flexibility index (Phi) is 6.54. The fourth-order valence-corrected chi connectivity index (χ4v) is 3.22. The minimum atomic E-state index is -4.47. The first-order valence-electron chi connectivity index (χ1n) is 8.75. The molecule has 0 saturated heterocycles. The Morgan fingerprint density at radius 2 is 1.81 bits per heavy atom. The quantitative estimate of drug-likeness (QED) is 0.407. The summed E-state index contributed by atoms with van der Waals surface area (Å²) in [4.78, 5) is 2.05. The van der Waals surface area contributed by atoms with Gasteiger partial charge in [0, 0.05) is 0 Å². The van der Waals surface area contributed by atoms with E-state index in [0.29, 0.717) is 11.5 Å². The topological polar surface area (TPSA) is 90.1 Å². The number of ether oxygens (including phenoxy) is 2. The minimum Gasteiger partial charge on any atom is -0.497 e. The highest BCUT2D eigenvalue weighted by Gasteiger charge is 2.30. The molecule has 0 saturated carbocycles. The summed E-state index contributed by atoms with van der Waals surface area (Å²) in [5.41, 5.74) is -0.818. The third-order valence-electron chi connectivity index (χ3n) is 3.96. The van der Waals surface area contributed by atoms with E-state index in [9.17, 15) is 21.6 Å². The average molecular weight is 454 g/mol. The van der Waals surface area contributed by atoms with Crippen molar-refractivity contribution in [1.82, 2.24) is 4.83 Å². The molecule has 0 aliphatic rings. The molecule has 11 heteroatoms. The summed E-state index contributed by atoms with van der Waals surface area (Å²) < 4.78 is 78.3. The van der Waals surface area contributed by atoms with Gasteiger partial charge in [-0.25, -0.2) is 0 Å². The Labute approximate surface area is 176 Å². The van der Waals surface area contributed by atoms with Gasteiger partial charge in [0.1, 0.15) is 29.6 Å². The molecule has 0 amide bonds. The molecule has 0 unspecified atom stereocenters. The van der Waals surface area contributed by atoms with Crippen LogP contribution in [0.25, 0.3) is 0 Å². The van der Waals surface area contributed by atoms with Crippen molar-refractivity contribution in [1.29, 1.82) is 0 Å². The Bertz CT molecular complexity index is 1160. The fraction of sp³-hybridized carbons (Fsp3) is 0.150. The predicted molar refractivity (Wildman–Crippen MR) is 105 cm³/mol. The Morgan fingerprint density at radius 1 is 1.06 bits per heavy atom. The fourth-order valence-electron chi connectivity index (χ4n) is 2.43. The second-order valence-corrected chi connectivity index (χ2v) is 7.81. The standard InChI is InChI=1S/C20H17F3N2O5S/c1-28-15-7-9-19(10-8-15)31(26,27)25-24-12-17-5-6-18(30-17)13-29-16-4-2-3-14(11-16)20(21,22)23/h2-12,25H,13H2,1H3. The van der Waals surface area contributed by atoms with E-state index in [-0.39, 0.29) is 23.0 Å². The number of nitrogens with one attached hydrogen (secondary N) is 1. The van der Waals surface area contributed by atoms with Crippen molar-refractivity contribution in [2.45, 2.75) is 17.7 Å². The summed E-state index contributed by atoms with van der Waals surface area (Å²) in [5.74, 6) is 1.09. The molecule has 3 rings (SSSR count). The lowest BCUT2D eigenvalue weighted by Crippen LogP contribution is -2.18. The van der Waals surface area contributed by atoms with Crippen LogP contribution in [0.3, 0.4) is 0 Å². The molecule has 0 aliphatic heterocycles. The molecule has 0 radical (unpaired) electrons. The smallest absolute Gasteiger partial charge is 0.416 e. The van der Waals surface area contributed by atoms with Crippen LogP contribution in [-0.2, 0) is 22.8 Å². The number of hydrogen-bond acceptors (Lipinski definition) is 6. The largest absolute Gasteiger partial charge is 0.497 e. The van der Waals surface area contributed by atoms with Crippen LogP contribution in [0.4, 0.5) is 13.2 Å².